The van der Waals surface area contributed by atoms with Gasteiger partial charge < -0.3 is 10.2 Å². The molecular formula is C34H39BrF3N3O4S. The maximum absolute atomic E-state index is 14.0. The van der Waals surface area contributed by atoms with Crippen LogP contribution >= 0.6 is 15.9 Å². The minimum absolute atomic E-state index is 0.0277. The fourth-order valence-electron chi connectivity index (χ4n) is 5.73. The van der Waals surface area contributed by atoms with E-state index in [1.807, 2.05) is 54.6 Å². The second-order valence-electron chi connectivity index (χ2n) is 11.7. The summed E-state index contributed by atoms with van der Waals surface area (Å²) in [6.07, 6.45) is 1.39. The molecule has 12 heteroatoms. The average molecular weight is 723 g/mol. The van der Waals surface area contributed by atoms with Gasteiger partial charge >= 0.3 is 6.18 Å². The van der Waals surface area contributed by atoms with Crippen molar-refractivity contribution in [3.8, 4) is 0 Å². The average Bonchev–Trinajstić information content (AvgIpc) is 3.02. The van der Waals surface area contributed by atoms with E-state index >= 15 is 0 Å². The summed E-state index contributed by atoms with van der Waals surface area (Å²) >= 11 is 3.43. The zero-order valence-electron chi connectivity index (χ0n) is 25.7. The summed E-state index contributed by atoms with van der Waals surface area (Å²) in [5, 5.41) is 3.18. The zero-order valence-corrected chi connectivity index (χ0v) is 28.1. The van der Waals surface area contributed by atoms with E-state index in [0.29, 0.717) is 0 Å². The molecule has 3 aromatic carbocycles. The van der Waals surface area contributed by atoms with Gasteiger partial charge in [0.2, 0.25) is 21.8 Å². The molecule has 46 heavy (non-hydrogen) atoms. The second kappa shape index (κ2) is 15.9. The quantitative estimate of drug-likeness (QED) is 0.204. The molecule has 0 heterocycles. The van der Waals surface area contributed by atoms with Crippen LogP contribution in [-0.2, 0) is 38.8 Å². The Labute approximate surface area is 277 Å². The molecule has 2 amide bonds. The number of hydrogen-bond acceptors (Lipinski definition) is 4. The summed E-state index contributed by atoms with van der Waals surface area (Å²) in [7, 11) is -3.97. The fourth-order valence-corrected chi connectivity index (χ4v) is 6.95. The van der Waals surface area contributed by atoms with Crippen LogP contribution in [0.1, 0.15) is 61.6 Å². The van der Waals surface area contributed by atoms with Gasteiger partial charge in [0.1, 0.15) is 6.04 Å². The van der Waals surface area contributed by atoms with Gasteiger partial charge in [-0.05, 0) is 60.7 Å². The fraction of sp³-hybridized carbons (Fsp3) is 0.412. The summed E-state index contributed by atoms with van der Waals surface area (Å²) in [4.78, 5) is 29.5. The molecule has 0 saturated heterocycles. The van der Waals surface area contributed by atoms with Crippen molar-refractivity contribution in [2.24, 2.45) is 0 Å². The number of halogens is 4. The lowest BCUT2D eigenvalue weighted by Crippen LogP contribution is -2.52. The van der Waals surface area contributed by atoms with E-state index in [-0.39, 0.29) is 55.9 Å². The molecule has 0 aliphatic heterocycles. The Balaban J connectivity index is 1.59. The van der Waals surface area contributed by atoms with Crippen molar-refractivity contribution in [3.63, 3.8) is 0 Å². The normalized spacial score (nSPS) is 14.8. The van der Waals surface area contributed by atoms with Gasteiger partial charge in [0, 0.05) is 36.4 Å². The summed E-state index contributed by atoms with van der Waals surface area (Å²) in [6.45, 7) is -0.0687. The van der Waals surface area contributed by atoms with E-state index in [9.17, 15) is 31.2 Å². The van der Waals surface area contributed by atoms with Crippen molar-refractivity contribution in [2.75, 3.05) is 17.1 Å². The van der Waals surface area contributed by atoms with E-state index in [4.69, 9.17) is 0 Å². The number of carbonyl (C=O) groups is 2. The Hall–Kier alpha value is -3.38. The summed E-state index contributed by atoms with van der Waals surface area (Å²) in [5.74, 6) is -0.608. The molecule has 1 fully saturated rings. The topological polar surface area (TPSA) is 86.8 Å². The maximum Gasteiger partial charge on any atom is 0.416 e. The van der Waals surface area contributed by atoms with E-state index in [0.717, 1.165) is 76.5 Å². The van der Waals surface area contributed by atoms with Crippen LogP contribution in [0.3, 0.4) is 0 Å². The van der Waals surface area contributed by atoms with Crippen molar-refractivity contribution in [1.82, 2.24) is 10.2 Å². The van der Waals surface area contributed by atoms with Crippen molar-refractivity contribution in [1.29, 1.82) is 0 Å². The molecule has 0 bridgehead atoms. The van der Waals surface area contributed by atoms with Crippen LogP contribution in [0.5, 0.6) is 0 Å². The number of nitrogens with one attached hydrogen (secondary N) is 1. The van der Waals surface area contributed by atoms with Crippen LogP contribution in [0, 0.1) is 0 Å². The molecule has 1 unspecified atom stereocenters. The molecule has 7 nitrogen and oxygen atoms in total. The van der Waals surface area contributed by atoms with Gasteiger partial charge in [-0.3, -0.25) is 13.9 Å². The first-order valence-corrected chi connectivity index (χ1v) is 18.0. The Bertz CT molecular complexity index is 1560. The third kappa shape index (κ3) is 10.3. The Morgan fingerprint density at radius 1 is 0.935 bits per heavy atom. The third-order valence-corrected chi connectivity index (χ3v) is 9.83. The number of alkyl halides is 3. The Kier molecular flexibility index (Phi) is 12.3. The summed E-state index contributed by atoms with van der Waals surface area (Å²) in [6, 6.07) is 20.2. The zero-order chi connectivity index (χ0) is 33.3. The smallest absolute Gasteiger partial charge is 0.352 e. The van der Waals surface area contributed by atoms with Gasteiger partial charge in [-0.25, -0.2) is 8.42 Å². The highest BCUT2D eigenvalue weighted by Gasteiger charge is 2.33. The van der Waals surface area contributed by atoms with E-state index in [1.54, 1.807) is 4.90 Å². The lowest BCUT2D eigenvalue weighted by molar-refractivity contribution is -0.141. The first kappa shape index (κ1) is 35.5. The monoisotopic (exact) mass is 721 g/mol. The van der Waals surface area contributed by atoms with Gasteiger partial charge in [0.15, 0.2) is 0 Å². The van der Waals surface area contributed by atoms with Crippen LogP contribution in [-0.4, -0.2) is 50.0 Å². The van der Waals surface area contributed by atoms with E-state index < -0.39 is 27.8 Å². The van der Waals surface area contributed by atoms with Gasteiger partial charge in [-0.1, -0.05) is 83.7 Å². The minimum Gasteiger partial charge on any atom is -0.352 e. The number of rotatable bonds is 13. The lowest BCUT2D eigenvalue weighted by Gasteiger charge is -2.34. The number of benzene rings is 3. The van der Waals surface area contributed by atoms with Crippen molar-refractivity contribution >= 4 is 43.5 Å². The molecular weight excluding hydrogens is 683 g/mol. The van der Waals surface area contributed by atoms with Crippen LogP contribution in [0.15, 0.2) is 83.3 Å². The molecule has 0 spiro atoms. The molecule has 0 radical (unpaired) electrons. The second-order valence-corrected chi connectivity index (χ2v) is 14.5. The molecule has 3 aromatic rings. The highest BCUT2D eigenvalue weighted by molar-refractivity contribution is 9.10. The molecule has 1 saturated carbocycles. The van der Waals surface area contributed by atoms with Crippen molar-refractivity contribution < 1.29 is 31.2 Å². The van der Waals surface area contributed by atoms with Gasteiger partial charge in [-0.2, -0.15) is 13.2 Å². The number of nitrogens with zero attached hydrogens (tertiary/aromatic N) is 2. The molecule has 1 aliphatic rings. The van der Waals surface area contributed by atoms with E-state index in [2.05, 4.69) is 21.2 Å². The number of amides is 2. The number of sulfonamides is 1. The van der Waals surface area contributed by atoms with Gasteiger partial charge in [-0.15, -0.1) is 0 Å². The van der Waals surface area contributed by atoms with Crippen LogP contribution < -0.4 is 9.62 Å². The first-order chi connectivity index (χ1) is 21.8. The number of carbonyl (C=O) groups excluding carboxylic acids is 2. The van der Waals surface area contributed by atoms with Gasteiger partial charge in [0.05, 0.1) is 17.5 Å². The molecule has 4 rings (SSSR count). The highest BCUT2D eigenvalue weighted by Crippen LogP contribution is 2.32. The molecule has 1 atom stereocenters. The standard InChI is InChI=1S/C34H39BrF3N3O4S/c1-46(44,45)41(30-15-8-12-27(23-30)34(36,37)38)21-9-16-32(42)40(24-26-17-19-28(35)20-18-26)31(22-25-10-4-2-5-11-25)33(43)39-29-13-6-3-7-14-29/h2,4-5,8,10-12,15,17-20,23,29,31H,3,6-7,9,13-14,16,21-22,24H2,1H3,(H,39,43). The maximum atomic E-state index is 14.0. The molecule has 1 N–H and O–H groups in total. The third-order valence-electron chi connectivity index (χ3n) is 8.10. The summed E-state index contributed by atoms with van der Waals surface area (Å²) in [5.41, 5.74) is 0.586. The predicted octanol–water partition coefficient (Wildman–Crippen LogP) is 7.10. The summed E-state index contributed by atoms with van der Waals surface area (Å²) < 4.78 is 67.2. The number of anilines is 1. The van der Waals surface area contributed by atoms with Crippen LogP contribution in [0.25, 0.3) is 0 Å². The molecule has 248 valence electrons. The van der Waals surface area contributed by atoms with Crippen LogP contribution in [0.2, 0.25) is 0 Å². The first-order valence-electron chi connectivity index (χ1n) is 15.3. The van der Waals surface area contributed by atoms with Crippen molar-refractivity contribution in [3.05, 3.63) is 100 Å². The SMILES string of the molecule is CS(=O)(=O)N(CCCC(=O)N(Cc1ccc(Br)cc1)C(Cc1ccccc1)C(=O)NC1CCCCC1)c1cccc(C(F)(F)F)c1. The highest BCUT2D eigenvalue weighted by atomic mass is 79.9. The predicted molar refractivity (Wildman–Crippen MR) is 177 cm³/mol. The van der Waals surface area contributed by atoms with Crippen molar-refractivity contribution in [2.45, 2.75) is 76.2 Å². The lowest BCUT2D eigenvalue weighted by atomic mass is 9.94. The minimum atomic E-state index is -4.64. The molecule has 0 aromatic heterocycles. The van der Waals surface area contributed by atoms with Crippen LogP contribution in [0.4, 0.5) is 18.9 Å². The van der Waals surface area contributed by atoms with E-state index in [1.165, 1.54) is 6.07 Å². The van der Waals surface area contributed by atoms with Gasteiger partial charge in [0.25, 0.3) is 0 Å². The number of hydrogen-bond donors (Lipinski definition) is 1. The largest absolute Gasteiger partial charge is 0.416 e. The molecule has 1 aliphatic carbocycles. The Morgan fingerprint density at radius 2 is 1.61 bits per heavy atom. The Morgan fingerprint density at radius 3 is 2.24 bits per heavy atom.